The van der Waals surface area contributed by atoms with E-state index in [1.54, 1.807) is 4.90 Å². The third-order valence-electron chi connectivity index (χ3n) is 4.79. The number of para-hydroxylation sites is 1. The number of fused-ring (bicyclic) bond motifs is 3. The molecule has 1 heterocycles. The maximum absolute atomic E-state index is 13.2. The molecule has 4 rings (SSSR count). The number of carbonyl (C=O) groups is 2. The monoisotopic (exact) mass is 289 g/mol. The third-order valence-corrected chi connectivity index (χ3v) is 4.79. The van der Waals surface area contributed by atoms with Gasteiger partial charge in [0.2, 0.25) is 5.91 Å². The average molecular weight is 289 g/mol. The first kappa shape index (κ1) is 13.0. The van der Waals surface area contributed by atoms with Gasteiger partial charge in [-0.3, -0.25) is 14.5 Å². The quantitative estimate of drug-likeness (QED) is 0.746. The second-order valence-corrected chi connectivity index (χ2v) is 5.89. The molecule has 2 aromatic carbocycles. The Balaban J connectivity index is 2.00. The molecule has 1 atom stereocenters. The number of ketones is 1. The number of hydrogen-bond donors (Lipinski definition) is 0. The molecule has 0 aromatic heterocycles. The van der Waals surface area contributed by atoms with Crippen LogP contribution in [0.15, 0.2) is 60.8 Å². The number of amides is 1. The van der Waals surface area contributed by atoms with Crippen LogP contribution in [0.4, 0.5) is 5.69 Å². The Morgan fingerprint density at radius 2 is 1.82 bits per heavy atom. The molecule has 108 valence electrons. The van der Waals surface area contributed by atoms with Crippen LogP contribution in [-0.2, 0) is 16.6 Å². The van der Waals surface area contributed by atoms with E-state index in [1.165, 1.54) is 6.92 Å². The lowest BCUT2D eigenvalue weighted by Gasteiger charge is -2.25. The number of hydrogen-bond acceptors (Lipinski definition) is 2. The molecule has 0 N–H and O–H groups in total. The summed E-state index contributed by atoms with van der Waals surface area (Å²) in [6, 6.07) is 15.3. The molecular formula is C19H15NO2. The normalized spacial score (nSPS) is 22.1. The fourth-order valence-corrected chi connectivity index (χ4v) is 3.82. The summed E-state index contributed by atoms with van der Waals surface area (Å²) in [5.74, 6) is -0.0672. The second-order valence-electron chi connectivity index (χ2n) is 5.89. The number of carbonyl (C=O) groups excluding carboxylic acids is 2. The maximum Gasteiger partial charge on any atom is 0.228 e. The molecule has 1 aliphatic heterocycles. The van der Waals surface area contributed by atoms with Crippen molar-refractivity contribution in [3.63, 3.8) is 0 Å². The van der Waals surface area contributed by atoms with E-state index in [2.05, 4.69) is 6.58 Å². The Kier molecular flexibility index (Phi) is 2.46. The van der Waals surface area contributed by atoms with Gasteiger partial charge in [-0.25, -0.2) is 0 Å². The van der Waals surface area contributed by atoms with E-state index >= 15 is 0 Å². The summed E-state index contributed by atoms with van der Waals surface area (Å²) >= 11 is 0. The number of anilines is 1. The smallest absolute Gasteiger partial charge is 0.228 e. The molecule has 1 amide bonds. The van der Waals surface area contributed by atoms with Crippen molar-refractivity contribution >= 4 is 17.4 Å². The molecule has 1 unspecified atom stereocenters. The first-order chi connectivity index (χ1) is 10.6. The van der Waals surface area contributed by atoms with Gasteiger partial charge in [0, 0.05) is 18.2 Å². The molecule has 0 radical (unpaired) electrons. The van der Waals surface area contributed by atoms with E-state index in [0.29, 0.717) is 12.1 Å². The predicted molar refractivity (Wildman–Crippen MR) is 84.9 cm³/mol. The Hall–Kier alpha value is -2.68. The summed E-state index contributed by atoms with van der Waals surface area (Å²) < 4.78 is 0. The van der Waals surface area contributed by atoms with Crippen molar-refractivity contribution in [2.75, 3.05) is 4.90 Å². The van der Waals surface area contributed by atoms with Crippen LogP contribution in [-0.4, -0.2) is 11.7 Å². The lowest BCUT2D eigenvalue weighted by atomic mass is 9.76. The van der Waals surface area contributed by atoms with Gasteiger partial charge in [-0.15, -0.1) is 0 Å². The summed E-state index contributed by atoms with van der Waals surface area (Å²) in [5.41, 5.74) is 3.17. The molecule has 2 aliphatic rings. The number of nitrogens with zero attached hydrogens (tertiary/aromatic N) is 1. The Labute approximate surface area is 128 Å². The van der Waals surface area contributed by atoms with Crippen molar-refractivity contribution in [3.8, 4) is 0 Å². The lowest BCUT2D eigenvalue weighted by molar-refractivity contribution is -0.116. The van der Waals surface area contributed by atoms with Gasteiger partial charge in [-0.1, -0.05) is 49.0 Å². The van der Waals surface area contributed by atoms with E-state index in [1.807, 2.05) is 48.5 Å². The van der Waals surface area contributed by atoms with Crippen LogP contribution in [0.25, 0.3) is 0 Å². The summed E-state index contributed by atoms with van der Waals surface area (Å²) in [5, 5.41) is 0. The second kappa shape index (κ2) is 4.17. The predicted octanol–water partition coefficient (Wildman–Crippen LogP) is 3.24. The molecule has 22 heavy (non-hydrogen) atoms. The minimum atomic E-state index is -0.827. The van der Waals surface area contributed by atoms with Gasteiger partial charge in [0.1, 0.15) is 5.41 Å². The zero-order valence-corrected chi connectivity index (χ0v) is 12.3. The van der Waals surface area contributed by atoms with E-state index in [-0.39, 0.29) is 11.7 Å². The van der Waals surface area contributed by atoms with Crippen molar-refractivity contribution < 1.29 is 9.59 Å². The summed E-state index contributed by atoms with van der Waals surface area (Å²) in [4.78, 5) is 26.8. The minimum Gasteiger partial charge on any atom is -0.293 e. The number of benzene rings is 2. The number of allylic oxidation sites excluding steroid dienone is 1. The SMILES string of the molecule is C=C1N(C(C)=O)c2ccccc2C12Cc1ccccc1C2=O. The van der Waals surface area contributed by atoms with Gasteiger partial charge >= 0.3 is 0 Å². The van der Waals surface area contributed by atoms with E-state index in [9.17, 15) is 9.59 Å². The lowest BCUT2D eigenvalue weighted by Crippen LogP contribution is -2.37. The van der Waals surface area contributed by atoms with Crippen molar-refractivity contribution in [2.45, 2.75) is 18.8 Å². The first-order valence-electron chi connectivity index (χ1n) is 7.29. The fourth-order valence-electron chi connectivity index (χ4n) is 3.82. The van der Waals surface area contributed by atoms with Crippen LogP contribution in [0.1, 0.15) is 28.4 Å². The third kappa shape index (κ3) is 1.36. The molecule has 2 aromatic rings. The van der Waals surface area contributed by atoms with E-state index in [4.69, 9.17) is 0 Å². The molecule has 0 saturated heterocycles. The molecule has 1 aliphatic carbocycles. The highest BCUT2D eigenvalue weighted by Crippen LogP contribution is 2.54. The number of rotatable bonds is 0. The van der Waals surface area contributed by atoms with Crippen LogP contribution in [0.5, 0.6) is 0 Å². The Morgan fingerprint density at radius 1 is 1.14 bits per heavy atom. The molecule has 0 fully saturated rings. The van der Waals surface area contributed by atoms with Crippen LogP contribution in [0.2, 0.25) is 0 Å². The summed E-state index contributed by atoms with van der Waals surface area (Å²) in [6.45, 7) is 5.63. The van der Waals surface area contributed by atoms with Crippen molar-refractivity contribution in [1.82, 2.24) is 0 Å². The van der Waals surface area contributed by atoms with E-state index < -0.39 is 5.41 Å². The topological polar surface area (TPSA) is 37.4 Å². The van der Waals surface area contributed by atoms with Crippen LogP contribution in [0.3, 0.4) is 0 Å². The highest BCUT2D eigenvalue weighted by Gasteiger charge is 2.56. The highest BCUT2D eigenvalue weighted by molar-refractivity contribution is 6.16. The largest absolute Gasteiger partial charge is 0.293 e. The molecule has 1 spiro atoms. The number of Topliss-reactive ketones (excluding diaryl/α,β-unsaturated/α-hetero) is 1. The van der Waals surface area contributed by atoms with Gasteiger partial charge in [0.25, 0.3) is 0 Å². The van der Waals surface area contributed by atoms with E-state index in [0.717, 1.165) is 22.4 Å². The van der Waals surface area contributed by atoms with Crippen molar-refractivity contribution in [1.29, 1.82) is 0 Å². The van der Waals surface area contributed by atoms with Crippen LogP contribution in [0, 0.1) is 0 Å². The van der Waals surface area contributed by atoms with Gasteiger partial charge in [-0.05, 0) is 23.6 Å². The molecular weight excluding hydrogens is 274 g/mol. The average Bonchev–Trinajstić information content (AvgIpc) is 2.95. The Bertz CT molecular complexity index is 852. The van der Waals surface area contributed by atoms with Crippen molar-refractivity contribution in [3.05, 3.63) is 77.5 Å². The fraction of sp³-hybridized carbons (Fsp3) is 0.158. The first-order valence-corrected chi connectivity index (χ1v) is 7.29. The minimum absolute atomic E-state index is 0.0456. The van der Waals surface area contributed by atoms with Crippen molar-refractivity contribution in [2.24, 2.45) is 0 Å². The molecule has 0 bridgehead atoms. The summed E-state index contributed by atoms with van der Waals surface area (Å²) in [6.07, 6.45) is 0.571. The van der Waals surface area contributed by atoms with Crippen LogP contribution < -0.4 is 4.90 Å². The molecule has 3 heteroatoms. The molecule has 0 saturated carbocycles. The molecule has 3 nitrogen and oxygen atoms in total. The standard InChI is InChI=1S/C19H15NO2/c1-12-19(11-14-7-3-4-8-15(14)18(19)22)16-9-5-6-10-17(16)20(12)13(2)21/h3-10H,1,11H2,2H3. The Morgan fingerprint density at radius 3 is 2.55 bits per heavy atom. The van der Waals surface area contributed by atoms with Gasteiger partial charge in [0.15, 0.2) is 5.78 Å². The summed E-state index contributed by atoms with van der Waals surface area (Å²) in [7, 11) is 0. The van der Waals surface area contributed by atoms with Gasteiger partial charge in [0.05, 0.1) is 5.69 Å². The maximum atomic E-state index is 13.2. The highest BCUT2D eigenvalue weighted by atomic mass is 16.2. The zero-order valence-electron chi connectivity index (χ0n) is 12.3. The zero-order chi connectivity index (χ0) is 15.5. The van der Waals surface area contributed by atoms with Crippen LogP contribution >= 0.6 is 0 Å². The van der Waals surface area contributed by atoms with Gasteiger partial charge in [-0.2, -0.15) is 0 Å². The van der Waals surface area contributed by atoms with Gasteiger partial charge < -0.3 is 0 Å².